The van der Waals surface area contributed by atoms with Gasteiger partial charge in [0.25, 0.3) is 5.91 Å². The van der Waals surface area contributed by atoms with Crippen molar-refractivity contribution in [3.05, 3.63) is 59.7 Å². The zero-order valence-corrected chi connectivity index (χ0v) is 18.0. The highest BCUT2D eigenvalue weighted by Crippen LogP contribution is 2.34. The fourth-order valence-corrected chi connectivity index (χ4v) is 4.26. The first kappa shape index (κ1) is 21.7. The van der Waals surface area contributed by atoms with Gasteiger partial charge in [-0.05, 0) is 48.9 Å². The first-order valence-corrected chi connectivity index (χ1v) is 10.7. The molecule has 1 aliphatic carbocycles. The van der Waals surface area contributed by atoms with E-state index in [0.29, 0.717) is 50.3 Å². The maximum Gasteiger partial charge on any atom is 0.322 e. The summed E-state index contributed by atoms with van der Waals surface area (Å²) < 4.78 is 11.3. The number of nitrogens with one attached hydrogen (secondary N) is 3. The van der Waals surface area contributed by atoms with E-state index < -0.39 is 11.6 Å². The van der Waals surface area contributed by atoms with Crippen LogP contribution in [-0.2, 0) is 22.7 Å². The van der Waals surface area contributed by atoms with Crippen molar-refractivity contribution in [3.8, 4) is 11.5 Å². The van der Waals surface area contributed by atoms with Gasteiger partial charge in [-0.15, -0.1) is 0 Å². The van der Waals surface area contributed by atoms with E-state index in [1.165, 1.54) is 0 Å². The summed E-state index contributed by atoms with van der Waals surface area (Å²) in [6.45, 7) is 0.807. The molecule has 0 aromatic heterocycles. The molecule has 4 rings (SSSR count). The van der Waals surface area contributed by atoms with E-state index >= 15 is 0 Å². The van der Waals surface area contributed by atoms with Crippen LogP contribution in [0.2, 0.25) is 0 Å². The van der Waals surface area contributed by atoms with Crippen LogP contribution in [0.5, 0.6) is 11.5 Å². The topological polar surface area (TPSA) is 106 Å². The molecular weight excluding hydrogens is 410 g/mol. The summed E-state index contributed by atoms with van der Waals surface area (Å²) in [4.78, 5) is 36.1. The zero-order valence-electron chi connectivity index (χ0n) is 18.0. The predicted molar refractivity (Wildman–Crippen MR) is 117 cm³/mol. The molecule has 168 valence electrons. The zero-order chi connectivity index (χ0) is 22.6. The standard InChI is InChI=1S/C24H27N3O5/c1-31-20-13-17(7-8-19(20)32-15-16-5-3-2-4-6-16)14-25-21(28)18-9-11-24(12-10-18)22(29)26-23(30)27-24/h2-8,13,18H,9-12,14-15H2,1H3,(H,25,28)(H2,26,27,29,30). The third-order valence-electron chi connectivity index (χ3n) is 6.16. The average Bonchev–Trinajstić information content (AvgIpc) is 3.09. The molecule has 32 heavy (non-hydrogen) atoms. The molecular formula is C24H27N3O5. The normalized spacial score (nSPS) is 22.2. The highest BCUT2D eigenvalue weighted by molar-refractivity contribution is 6.07. The van der Waals surface area contributed by atoms with E-state index in [0.717, 1.165) is 11.1 Å². The summed E-state index contributed by atoms with van der Waals surface area (Å²) in [6, 6.07) is 15.0. The molecule has 1 spiro atoms. The minimum atomic E-state index is -0.850. The van der Waals surface area contributed by atoms with Crippen LogP contribution in [0.1, 0.15) is 36.8 Å². The number of urea groups is 1. The number of carbonyl (C=O) groups is 3. The second kappa shape index (κ2) is 9.30. The Balaban J connectivity index is 1.29. The second-order valence-corrected chi connectivity index (χ2v) is 8.24. The van der Waals surface area contributed by atoms with Gasteiger partial charge >= 0.3 is 6.03 Å². The summed E-state index contributed by atoms with van der Waals surface area (Å²) in [5, 5.41) is 7.98. The van der Waals surface area contributed by atoms with Crippen LogP contribution in [0, 0.1) is 5.92 Å². The molecule has 0 bridgehead atoms. The molecule has 1 aliphatic heterocycles. The molecule has 2 aliphatic rings. The van der Waals surface area contributed by atoms with Gasteiger partial charge in [0.1, 0.15) is 12.1 Å². The highest BCUT2D eigenvalue weighted by atomic mass is 16.5. The summed E-state index contributed by atoms with van der Waals surface area (Å²) >= 11 is 0. The van der Waals surface area contributed by atoms with Gasteiger partial charge < -0.3 is 20.1 Å². The van der Waals surface area contributed by atoms with Crippen molar-refractivity contribution in [3.63, 3.8) is 0 Å². The van der Waals surface area contributed by atoms with Crippen LogP contribution >= 0.6 is 0 Å². The van der Waals surface area contributed by atoms with Gasteiger partial charge in [0, 0.05) is 12.5 Å². The lowest BCUT2D eigenvalue weighted by Gasteiger charge is -2.33. The van der Waals surface area contributed by atoms with Crippen LogP contribution in [0.3, 0.4) is 0 Å². The first-order chi connectivity index (χ1) is 15.5. The summed E-state index contributed by atoms with van der Waals surface area (Å²) in [6.07, 6.45) is 2.03. The van der Waals surface area contributed by atoms with Crippen LogP contribution < -0.4 is 25.4 Å². The van der Waals surface area contributed by atoms with Gasteiger partial charge in [0.05, 0.1) is 7.11 Å². The van der Waals surface area contributed by atoms with Gasteiger partial charge in [-0.3, -0.25) is 14.9 Å². The first-order valence-electron chi connectivity index (χ1n) is 10.7. The molecule has 8 heteroatoms. The maximum atomic E-state index is 12.6. The summed E-state index contributed by atoms with van der Waals surface area (Å²) in [5.41, 5.74) is 1.11. The van der Waals surface area contributed by atoms with Gasteiger partial charge in [-0.1, -0.05) is 36.4 Å². The SMILES string of the molecule is COc1cc(CNC(=O)C2CCC3(CC2)NC(=O)NC3=O)ccc1OCc1ccccc1. The molecule has 8 nitrogen and oxygen atoms in total. The third-order valence-corrected chi connectivity index (χ3v) is 6.16. The minimum absolute atomic E-state index is 0.0482. The number of imide groups is 1. The van der Waals surface area contributed by atoms with Gasteiger partial charge in [-0.2, -0.15) is 0 Å². The van der Waals surface area contributed by atoms with Crippen molar-refractivity contribution in [2.24, 2.45) is 5.92 Å². The molecule has 4 amide bonds. The molecule has 0 unspecified atom stereocenters. The van der Waals surface area contributed by atoms with Crippen LogP contribution in [0.4, 0.5) is 4.79 Å². The maximum absolute atomic E-state index is 12.6. The molecule has 2 aromatic carbocycles. The predicted octanol–water partition coefficient (Wildman–Crippen LogP) is 2.66. The number of ether oxygens (including phenoxy) is 2. The largest absolute Gasteiger partial charge is 0.493 e. The van der Waals surface area contributed by atoms with E-state index in [9.17, 15) is 14.4 Å². The van der Waals surface area contributed by atoms with Gasteiger partial charge in [0.15, 0.2) is 11.5 Å². The molecule has 2 aromatic rings. The monoisotopic (exact) mass is 437 g/mol. The van der Waals surface area contributed by atoms with E-state index in [2.05, 4.69) is 16.0 Å². The van der Waals surface area contributed by atoms with E-state index in [1.54, 1.807) is 7.11 Å². The van der Waals surface area contributed by atoms with Gasteiger partial charge in [0.2, 0.25) is 5.91 Å². The fraction of sp³-hybridized carbons (Fsp3) is 0.375. The number of benzene rings is 2. The lowest BCUT2D eigenvalue weighted by Crippen LogP contribution is -2.50. The fourth-order valence-electron chi connectivity index (χ4n) is 4.26. The van der Waals surface area contributed by atoms with Crippen LogP contribution in [0.25, 0.3) is 0 Å². The van der Waals surface area contributed by atoms with Crippen molar-refractivity contribution < 1.29 is 23.9 Å². The van der Waals surface area contributed by atoms with Crippen molar-refractivity contribution in [2.45, 2.75) is 44.4 Å². The molecule has 0 atom stereocenters. The quantitative estimate of drug-likeness (QED) is 0.578. The molecule has 1 saturated heterocycles. The molecule has 3 N–H and O–H groups in total. The number of carbonyl (C=O) groups excluding carboxylic acids is 3. The Hall–Kier alpha value is -3.55. The molecule has 2 fully saturated rings. The minimum Gasteiger partial charge on any atom is -0.493 e. The molecule has 1 heterocycles. The Morgan fingerprint density at radius 3 is 2.47 bits per heavy atom. The van der Waals surface area contributed by atoms with Gasteiger partial charge in [-0.25, -0.2) is 4.79 Å². The Labute approximate surface area is 186 Å². The number of rotatable bonds is 7. The van der Waals surface area contributed by atoms with E-state index in [1.807, 2.05) is 48.5 Å². The molecule has 1 saturated carbocycles. The second-order valence-electron chi connectivity index (χ2n) is 8.24. The average molecular weight is 437 g/mol. The number of amides is 4. The van der Waals surface area contributed by atoms with Crippen molar-refractivity contribution >= 4 is 17.8 Å². The summed E-state index contributed by atoms with van der Waals surface area (Å²) in [7, 11) is 1.59. The van der Waals surface area contributed by atoms with E-state index in [-0.39, 0.29) is 17.7 Å². The Kier molecular flexibility index (Phi) is 6.30. The third kappa shape index (κ3) is 4.69. The Bertz CT molecular complexity index is 1000. The smallest absolute Gasteiger partial charge is 0.322 e. The van der Waals surface area contributed by atoms with Crippen molar-refractivity contribution in [1.82, 2.24) is 16.0 Å². The van der Waals surface area contributed by atoms with Crippen molar-refractivity contribution in [1.29, 1.82) is 0 Å². The molecule has 0 radical (unpaired) electrons. The Morgan fingerprint density at radius 2 is 1.81 bits per heavy atom. The highest BCUT2D eigenvalue weighted by Gasteiger charge is 2.48. The van der Waals surface area contributed by atoms with Crippen molar-refractivity contribution in [2.75, 3.05) is 7.11 Å². The number of hydrogen-bond donors (Lipinski definition) is 3. The number of methoxy groups -OCH3 is 1. The van der Waals surface area contributed by atoms with Crippen LogP contribution in [-0.4, -0.2) is 30.5 Å². The number of hydrogen-bond acceptors (Lipinski definition) is 5. The lowest BCUT2D eigenvalue weighted by molar-refractivity contribution is -0.130. The van der Waals surface area contributed by atoms with E-state index in [4.69, 9.17) is 9.47 Å². The van der Waals surface area contributed by atoms with Crippen LogP contribution in [0.15, 0.2) is 48.5 Å². The lowest BCUT2D eigenvalue weighted by atomic mass is 9.76. The Morgan fingerprint density at radius 1 is 1.06 bits per heavy atom. The summed E-state index contributed by atoms with van der Waals surface area (Å²) in [5.74, 6) is 0.730.